The highest BCUT2D eigenvalue weighted by atomic mass is 16.2. The zero-order valence-corrected chi connectivity index (χ0v) is 20.0. The number of amides is 1. The molecule has 0 spiro atoms. The van der Waals surface area contributed by atoms with Crippen LogP contribution >= 0.6 is 0 Å². The molecule has 0 aliphatic carbocycles. The summed E-state index contributed by atoms with van der Waals surface area (Å²) in [5.74, 6) is 3.00. The van der Waals surface area contributed by atoms with Crippen LogP contribution in [0.3, 0.4) is 0 Å². The number of rotatable bonds is 6. The number of piperidine rings is 1. The number of aromatic nitrogens is 4. The van der Waals surface area contributed by atoms with Gasteiger partial charge in [-0.15, -0.1) is 0 Å². The van der Waals surface area contributed by atoms with Crippen molar-refractivity contribution >= 4 is 22.8 Å². The van der Waals surface area contributed by atoms with Crippen LogP contribution in [-0.4, -0.2) is 43.4 Å². The second-order valence-corrected chi connectivity index (χ2v) is 9.26. The van der Waals surface area contributed by atoms with Crippen molar-refractivity contribution < 1.29 is 4.79 Å². The van der Waals surface area contributed by atoms with Gasteiger partial charge < -0.3 is 4.57 Å². The van der Waals surface area contributed by atoms with Crippen molar-refractivity contribution in [1.82, 2.24) is 24.4 Å². The fraction of sp³-hybridized carbons (Fsp3) is 0.538. The van der Waals surface area contributed by atoms with Crippen molar-refractivity contribution in [3.05, 3.63) is 47.2 Å². The molecule has 1 fully saturated rings. The number of aryl methyl sites for hydroxylation is 2. The van der Waals surface area contributed by atoms with E-state index >= 15 is 0 Å². The highest BCUT2D eigenvalue weighted by molar-refractivity contribution is 5.95. The van der Waals surface area contributed by atoms with Gasteiger partial charge in [0.05, 0.1) is 23.6 Å². The number of anilines is 1. The number of nitrogens with zero attached hydrogens (tertiary/aromatic N) is 6. The summed E-state index contributed by atoms with van der Waals surface area (Å²) in [6, 6.07) is 8.52. The van der Waals surface area contributed by atoms with Gasteiger partial charge in [0.2, 0.25) is 5.91 Å². The predicted molar refractivity (Wildman–Crippen MR) is 130 cm³/mol. The number of hydrogen-bond acceptors (Lipinski definition) is 5. The molecule has 2 aliphatic rings. The molecule has 7 heteroatoms. The Morgan fingerprint density at radius 1 is 1.06 bits per heavy atom. The second kappa shape index (κ2) is 9.21. The minimum Gasteiger partial charge on any atom is -0.327 e. The molecular formula is C26H34N6O. The average Bonchev–Trinajstić information content (AvgIpc) is 3.18. The van der Waals surface area contributed by atoms with Gasteiger partial charge in [-0.2, -0.15) is 0 Å². The van der Waals surface area contributed by atoms with Crippen molar-refractivity contribution in [2.24, 2.45) is 0 Å². The van der Waals surface area contributed by atoms with Crippen LogP contribution in [0.4, 0.5) is 5.82 Å². The minimum atomic E-state index is 0.147. The lowest BCUT2D eigenvalue weighted by Gasteiger charge is -2.36. The monoisotopic (exact) mass is 446 g/mol. The second-order valence-electron chi connectivity index (χ2n) is 9.26. The summed E-state index contributed by atoms with van der Waals surface area (Å²) in [7, 11) is 0. The third-order valence-electron chi connectivity index (χ3n) is 7.11. The molecule has 0 saturated carbocycles. The molecule has 33 heavy (non-hydrogen) atoms. The number of carbonyl (C=O) groups excluding carboxylic acids is 1. The lowest BCUT2D eigenvalue weighted by Crippen LogP contribution is -2.39. The number of fused-ring (bicyclic) bond motifs is 2. The third-order valence-corrected chi connectivity index (χ3v) is 7.11. The first-order valence-electron chi connectivity index (χ1n) is 12.5. The minimum absolute atomic E-state index is 0.147. The number of benzene rings is 1. The molecule has 2 aliphatic heterocycles. The van der Waals surface area contributed by atoms with Gasteiger partial charge in [-0.3, -0.25) is 14.6 Å². The number of likely N-dealkylation sites (tertiary alicyclic amines) is 1. The molecule has 0 radical (unpaired) electrons. The Hall–Kier alpha value is -2.80. The van der Waals surface area contributed by atoms with Gasteiger partial charge in [0.25, 0.3) is 0 Å². The normalized spacial score (nSPS) is 19.3. The summed E-state index contributed by atoms with van der Waals surface area (Å²) in [5, 5.41) is 0. The fourth-order valence-electron chi connectivity index (χ4n) is 5.46. The summed E-state index contributed by atoms with van der Waals surface area (Å²) in [5.41, 5.74) is 4.41. The average molecular weight is 447 g/mol. The Morgan fingerprint density at radius 2 is 1.91 bits per heavy atom. The summed E-state index contributed by atoms with van der Waals surface area (Å²) in [6.07, 6.45) is 5.60. The third kappa shape index (κ3) is 4.03. The maximum Gasteiger partial charge on any atom is 0.228 e. The fourth-order valence-corrected chi connectivity index (χ4v) is 5.46. The molecule has 1 amide bonds. The van der Waals surface area contributed by atoms with Gasteiger partial charge in [-0.1, -0.05) is 25.5 Å². The molecule has 1 atom stereocenters. The van der Waals surface area contributed by atoms with E-state index in [1.807, 2.05) is 4.90 Å². The Morgan fingerprint density at radius 3 is 2.73 bits per heavy atom. The Labute approximate surface area is 195 Å². The maximum atomic E-state index is 12.7. The SMILES string of the molecule is CCCN1C(=O)CCc2c(C)nc([C@@H]3CCCCN3Cc3nc4ccccc4n3CC)nc21. The van der Waals surface area contributed by atoms with Crippen molar-refractivity contribution in [3.8, 4) is 0 Å². The molecule has 4 heterocycles. The van der Waals surface area contributed by atoms with E-state index in [-0.39, 0.29) is 11.9 Å². The van der Waals surface area contributed by atoms with Gasteiger partial charge >= 0.3 is 0 Å². The molecule has 5 rings (SSSR count). The van der Waals surface area contributed by atoms with E-state index in [2.05, 4.69) is 54.5 Å². The number of para-hydroxylation sites is 2. The predicted octanol–water partition coefficient (Wildman–Crippen LogP) is 4.57. The largest absolute Gasteiger partial charge is 0.327 e. The first-order valence-corrected chi connectivity index (χ1v) is 12.5. The summed E-state index contributed by atoms with van der Waals surface area (Å²) >= 11 is 0. The van der Waals surface area contributed by atoms with Gasteiger partial charge in [0.1, 0.15) is 17.5 Å². The topological polar surface area (TPSA) is 67.2 Å². The quantitative estimate of drug-likeness (QED) is 0.555. The Kier molecular flexibility index (Phi) is 6.15. The molecule has 1 saturated heterocycles. The standard InChI is InChI=1S/C26H34N6O/c1-4-15-32-24(33)14-13-19-18(3)27-25(29-26(19)32)22-12-8-9-16-30(22)17-23-28-20-10-6-7-11-21(20)31(23)5-2/h6-7,10-11,22H,4-5,8-9,12-17H2,1-3H3/t22-/m0/s1. The Balaban J connectivity index is 1.50. The van der Waals surface area contributed by atoms with E-state index in [4.69, 9.17) is 15.0 Å². The zero-order chi connectivity index (χ0) is 22.9. The van der Waals surface area contributed by atoms with Gasteiger partial charge in [-0.05, 0) is 58.2 Å². The molecule has 174 valence electrons. The zero-order valence-electron chi connectivity index (χ0n) is 20.0. The summed E-state index contributed by atoms with van der Waals surface area (Å²) in [6.45, 7) is 9.78. The maximum absolute atomic E-state index is 12.7. The Bertz CT molecular complexity index is 1170. The van der Waals surface area contributed by atoms with Crippen LogP contribution in [0.25, 0.3) is 11.0 Å². The molecule has 0 unspecified atom stereocenters. The van der Waals surface area contributed by atoms with Crippen molar-refractivity contribution in [2.75, 3.05) is 18.0 Å². The number of imidazole rings is 1. The molecule has 2 aromatic heterocycles. The lowest BCUT2D eigenvalue weighted by atomic mass is 9.99. The summed E-state index contributed by atoms with van der Waals surface area (Å²) in [4.78, 5) is 32.0. The van der Waals surface area contributed by atoms with E-state index in [1.165, 1.54) is 18.4 Å². The van der Waals surface area contributed by atoms with Crippen LogP contribution < -0.4 is 4.90 Å². The lowest BCUT2D eigenvalue weighted by molar-refractivity contribution is -0.119. The van der Waals surface area contributed by atoms with E-state index in [0.29, 0.717) is 6.42 Å². The van der Waals surface area contributed by atoms with Crippen LogP contribution in [0.5, 0.6) is 0 Å². The van der Waals surface area contributed by atoms with E-state index in [1.54, 1.807) is 0 Å². The molecule has 0 N–H and O–H groups in total. The van der Waals surface area contributed by atoms with Crippen LogP contribution in [0.15, 0.2) is 24.3 Å². The molecule has 7 nitrogen and oxygen atoms in total. The van der Waals surface area contributed by atoms with Gasteiger partial charge in [-0.25, -0.2) is 15.0 Å². The molecule has 0 bridgehead atoms. The van der Waals surface area contributed by atoms with Crippen molar-refractivity contribution in [3.63, 3.8) is 0 Å². The van der Waals surface area contributed by atoms with Gasteiger partial charge in [0, 0.05) is 30.8 Å². The first kappa shape index (κ1) is 22.0. The van der Waals surface area contributed by atoms with Crippen LogP contribution in [0.1, 0.15) is 74.9 Å². The molecular weight excluding hydrogens is 412 g/mol. The summed E-state index contributed by atoms with van der Waals surface area (Å²) < 4.78 is 2.32. The van der Waals surface area contributed by atoms with E-state index in [0.717, 1.165) is 79.7 Å². The van der Waals surface area contributed by atoms with Gasteiger partial charge in [0.15, 0.2) is 0 Å². The van der Waals surface area contributed by atoms with Crippen molar-refractivity contribution in [1.29, 1.82) is 0 Å². The highest BCUT2D eigenvalue weighted by Gasteiger charge is 2.32. The number of hydrogen-bond donors (Lipinski definition) is 0. The van der Waals surface area contributed by atoms with Crippen LogP contribution in [0.2, 0.25) is 0 Å². The van der Waals surface area contributed by atoms with Crippen molar-refractivity contribution in [2.45, 2.75) is 78.4 Å². The first-order chi connectivity index (χ1) is 16.1. The molecule has 3 aromatic rings. The van der Waals surface area contributed by atoms with E-state index in [9.17, 15) is 4.79 Å². The van der Waals surface area contributed by atoms with E-state index < -0.39 is 0 Å². The highest BCUT2D eigenvalue weighted by Crippen LogP contribution is 2.35. The molecule has 1 aromatic carbocycles. The number of carbonyl (C=O) groups is 1. The van der Waals surface area contributed by atoms with Crippen LogP contribution in [-0.2, 0) is 24.3 Å². The van der Waals surface area contributed by atoms with Crippen LogP contribution in [0, 0.1) is 6.92 Å². The smallest absolute Gasteiger partial charge is 0.228 e.